The lowest BCUT2D eigenvalue weighted by atomic mass is 10.0. The number of rotatable bonds is 5. The number of hydrogen-bond donors (Lipinski definition) is 0. The fourth-order valence-corrected chi connectivity index (χ4v) is 3.33. The van der Waals surface area contributed by atoms with E-state index in [1.54, 1.807) is 0 Å². The lowest BCUT2D eigenvalue weighted by Gasteiger charge is -2.02. The summed E-state index contributed by atoms with van der Waals surface area (Å²) in [5, 5.41) is 0. The average molecular weight is 433 g/mol. The fourth-order valence-electron chi connectivity index (χ4n) is 3.33. The molecule has 0 fully saturated rings. The van der Waals surface area contributed by atoms with Gasteiger partial charge >= 0.3 is 0 Å². The quantitative estimate of drug-likeness (QED) is 0.549. The molecule has 0 saturated heterocycles. The molecule has 4 nitrogen and oxygen atoms in total. The molecule has 0 atom stereocenters. The molecule has 0 bridgehead atoms. The Morgan fingerprint density at radius 3 is 2.09 bits per heavy atom. The molecule has 3 aromatic carbocycles. The zero-order valence-electron chi connectivity index (χ0n) is 19.0. The van der Waals surface area contributed by atoms with E-state index >= 15 is 0 Å². The van der Waals surface area contributed by atoms with E-state index in [2.05, 4.69) is 56.3 Å². The molecular formula is C28H32O4. The van der Waals surface area contributed by atoms with Crippen LogP contribution in [0, 0.1) is 13.8 Å². The van der Waals surface area contributed by atoms with Crippen LogP contribution in [0.4, 0.5) is 0 Å². The normalized spacial score (nSPS) is 10.6. The lowest BCUT2D eigenvalue weighted by molar-refractivity contribution is -0.118. The van der Waals surface area contributed by atoms with E-state index < -0.39 is 0 Å². The molecule has 0 N–H and O–H groups in total. The predicted octanol–water partition coefficient (Wildman–Crippen LogP) is 5.30. The van der Waals surface area contributed by atoms with Crippen molar-refractivity contribution in [2.75, 3.05) is 6.61 Å². The summed E-state index contributed by atoms with van der Waals surface area (Å²) in [5.74, 6) is 1.42. The molecule has 0 unspecified atom stereocenters. The molecule has 0 aliphatic carbocycles. The molecule has 32 heavy (non-hydrogen) atoms. The summed E-state index contributed by atoms with van der Waals surface area (Å²) in [4.78, 5) is 27.9. The van der Waals surface area contributed by atoms with Gasteiger partial charge in [-0.25, -0.2) is 0 Å². The first-order valence-electron chi connectivity index (χ1n) is 10.5. The molecule has 1 aliphatic heterocycles. The third-order valence-corrected chi connectivity index (χ3v) is 4.97. The zero-order chi connectivity index (χ0) is 23.8. The highest BCUT2D eigenvalue weighted by atomic mass is 16.5. The molecule has 0 amide bonds. The van der Waals surface area contributed by atoms with E-state index in [1.807, 2.05) is 43.9 Å². The van der Waals surface area contributed by atoms with E-state index in [9.17, 15) is 4.79 Å². The maximum Gasteiger partial charge on any atom is 0.137 e. The Labute approximate surface area is 191 Å². The van der Waals surface area contributed by atoms with Gasteiger partial charge in [-0.1, -0.05) is 78.4 Å². The van der Waals surface area contributed by atoms with Gasteiger partial charge < -0.3 is 14.3 Å². The number of hydrogen-bond acceptors (Lipinski definition) is 4. The topological polar surface area (TPSA) is 60.4 Å². The van der Waals surface area contributed by atoms with E-state index in [-0.39, 0.29) is 0 Å². The third kappa shape index (κ3) is 9.09. The molecule has 0 aromatic heterocycles. The largest absolute Gasteiger partial charge is 0.493 e. The van der Waals surface area contributed by atoms with Gasteiger partial charge in [0.15, 0.2) is 0 Å². The second kappa shape index (κ2) is 15.3. The Balaban J connectivity index is 0.000000308. The predicted molar refractivity (Wildman–Crippen MR) is 129 cm³/mol. The van der Waals surface area contributed by atoms with Crippen LogP contribution in [-0.4, -0.2) is 26.0 Å². The highest BCUT2D eigenvalue weighted by Gasteiger charge is 2.12. The highest BCUT2D eigenvalue weighted by molar-refractivity contribution is 5.81. The number of fused-ring (bicyclic) bond motifs is 1. The number of ketones is 1. The molecule has 1 heterocycles. The third-order valence-electron chi connectivity index (χ3n) is 4.97. The van der Waals surface area contributed by atoms with Crippen LogP contribution in [0.25, 0.3) is 0 Å². The SMILES string of the molecule is C=O.C=O.Cc1ccc(CC(=O)CCc2ccccc2)cc1.Cc1cccc2c1OCC2. The first kappa shape index (κ1) is 26.5. The number of para-hydroxylation sites is 1. The summed E-state index contributed by atoms with van der Waals surface area (Å²) in [6, 6.07) is 24.7. The Hall–Kier alpha value is -3.53. The second-order valence-corrected chi connectivity index (χ2v) is 7.35. The van der Waals surface area contributed by atoms with Crippen molar-refractivity contribution in [3.05, 3.63) is 101 Å². The van der Waals surface area contributed by atoms with Gasteiger partial charge in [0.05, 0.1) is 6.61 Å². The van der Waals surface area contributed by atoms with Gasteiger partial charge in [-0.3, -0.25) is 4.79 Å². The Morgan fingerprint density at radius 2 is 1.47 bits per heavy atom. The smallest absolute Gasteiger partial charge is 0.137 e. The number of carbonyl (C=O) groups is 3. The summed E-state index contributed by atoms with van der Waals surface area (Å²) >= 11 is 0. The first-order valence-corrected chi connectivity index (χ1v) is 10.5. The summed E-state index contributed by atoms with van der Waals surface area (Å²) in [6.45, 7) is 9.01. The number of ether oxygens (including phenoxy) is 1. The molecule has 3 aromatic rings. The molecule has 0 spiro atoms. The minimum absolute atomic E-state index is 0.308. The van der Waals surface area contributed by atoms with Crippen LogP contribution in [0.2, 0.25) is 0 Å². The van der Waals surface area contributed by atoms with Crippen molar-refractivity contribution in [2.24, 2.45) is 0 Å². The van der Waals surface area contributed by atoms with Gasteiger partial charge in [-0.2, -0.15) is 0 Å². The van der Waals surface area contributed by atoms with Gasteiger partial charge in [-0.15, -0.1) is 0 Å². The molecule has 4 rings (SSSR count). The van der Waals surface area contributed by atoms with Gasteiger partial charge in [0.1, 0.15) is 25.1 Å². The van der Waals surface area contributed by atoms with Crippen LogP contribution in [0.15, 0.2) is 72.8 Å². The standard InChI is InChI=1S/C17H18O.C9H10O.2CH2O/c1-14-7-9-16(10-8-14)13-17(18)12-11-15-5-3-2-4-6-15;1-7-3-2-4-8-5-6-10-9(7)8;2*1-2/h2-10H,11-13H2,1H3;2-4H,5-6H2,1H3;2*1H2. The molecular weight excluding hydrogens is 400 g/mol. The highest BCUT2D eigenvalue weighted by Crippen LogP contribution is 2.28. The van der Waals surface area contributed by atoms with Crippen molar-refractivity contribution in [3.8, 4) is 5.75 Å². The van der Waals surface area contributed by atoms with E-state index in [0.717, 1.165) is 30.8 Å². The van der Waals surface area contributed by atoms with E-state index in [1.165, 1.54) is 22.3 Å². The summed E-state index contributed by atoms with van der Waals surface area (Å²) in [5.41, 5.74) is 6.19. The average Bonchev–Trinajstić information content (AvgIpc) is 3.33. The number of carbonyl (C=O) groups excluding carboxylic acids is 3. The summed E-state index contributed by atoms with van der Waals surface area (Å²) in [7, 11) is 0. The number of Topliss-reactive ketones (excluding diaryl/α,β-unsaturated/α-hetero) is 1. The monoisotopic (exact) mass is 432 g/mol. The van der Waals surface area contributed by atoms with Crippen molar-refractivity contribution < 1.29 is 19.1 Å². The number of aryl methyl sites for hydroxylation is 3. The molecule has 168 valence electrons. The first-order chi connectivity index (χ1) is 15.6. The van der Waals surface area contributed by atoms with Gasteiger partial charge in [-0.05, 0) is 42.5 Å². The Kier molecular flexibility index (Phi) is 12.7. The minimum atomic E-state index is 0.308. The molecule has 0 radical (unpaired) electrons. The molecule has 4 heteroatoms. The van der Waals surface area contributed by atoms with Crippen molar-refractivity contribution in [1.29, 1.82) is 0 Å². The van der Waals surface area contributed by atoms with Crippen LogP contribution < -0.4 is 4.74 Å². The minimum Gasteiger partial charge on any atom is -0.493 e. The molecule has 1 aliphatic rings. The number of benzene rings is 3. The Morgan fingerprint density at radius 1 is 0.812 bits per heavy atom. The van der Waals surface area contributed by atoms with Crippen LogP contribution >= 0.6 is 0 Å². The Bertz CT molecular complexity index is 931. The second-order valence-electron chi connectivity index (χ2n) is 7.35. The van der Waals surface area contributed by atoms with Crippen LogP contribution in [-0.2, 0) is 33.6 Å². The van der Waals surface area contributed by atoms with Crippen LogP contribution in [0.1, 0.15) is 34.2 Å². The maximum absolute atomic E-state index is 11.9. The van der Waals surface area contributed by atoms with E-state index in [0.29, 0.717) is 18.6 Å². The maximum atomic E-state index is 11.9. The summed E-state index contributed by atoms with van der Waals surface area (Å²) < 4.78 is 5.43. The van der Waals surface area contributed by atoms with Gasteiger partial charge in [0, 0.05) is 19.3 Å². The van der Waals surface area contributed by atoms with Crippen molar-refractivity contribution in [1.82, 2.24) is 0 Å². The van der Waals surface area contributed by atoms with Crippen molar-refractivity contribution >= 4 is 19.4 Å². The van der Waals surface area contributed by atoms with Crippen LogP contribution in [0.5, 0.6) is 5.75 Å². The summed E-state index contributed by atoms with van der Waals surface area (Å²) in [6.07, 6.45) is 3.09. The van der Waals surface area contributed by atoms with E-state index in [4.69, 9.17) is 14.3 Å². The van der Waals surface area contributed by atoms with Gasteiger partial charge in [0.2, 0.25) is 0 Å². The van der Waals surface area contributed by atoms with Crippen molar-refractivity contribution in [3.63, 3.8) is 0 Å². The van der Waals surface area contributed by atoms with Gasteiger partial charge in [0.25, 0.3) is 0 Å². The zero-order valence-corrected chi connectivity index (χ0v) is 19.0. The van der Waals surface area contributed by atoms with Crippen molar-refractivity contribution in [2.45, 2.75) is 39.5 Å². The van der Waals surface area contributed by atoms with Crippen LogP contribution in [0.3, 0.4) is 0 Å². The lowest BCUT2D eigenvalue weighted by Crippen LogP contribution is -2.04. The fraction of sp³-hybridized carbons (Fsp3) is 0.250. The molecule has 0 saturated carbocycles.